The van der Waals surface area contributed by atoms with Crippen molar-refractivity contribution in [2.24, 2.45) is 5.73 Å². The molecule has 0 radical (unpaired) electrons. The van der Waals surface area contributed by atoms with Crippen molar-refractivity contribution in [3.63, 3.8) is 0 Å². The Morgan fingerprint density at radius 3 is 1.88 bits per heavy atom. The largest absolute Gasteiger partial charge is 0.399 e. The van der Waals surface area contributed by atoms with Crippen molar-refractivity contribution in [2.45, 2.75) is 48.5 Å². The van der Waals surface area contributed by atoms with Gasteiger partial charge in [-0.2, -0.15) is 0 Å². The highest BCUT2D eigenvalue weighted by Crippen LogP contribution is 2.11. The molecule has 0 spiro atoms. The number of hydrogen-bond acceptors (Lipinski definition) is 3. The van der Waals surface area contributed by atoms with Gasteiger partial charge >= 0.3 is 0 Å². The van der Waals surface area contributed by atoms with Crippen LogP contribution in [0.25, 0.3) is 0 Å². The summed E-state index contributed by atoms with van der Waals surface area (Å²) in [5, 5.41) is 3.11. The number of rotatable bonds is 10. The van der Waals surface area contributed by atoms with E-state index in [9.17, 15) is 4.79 Å². The average Bonchev–Trinajstić information content (AvgIpc) is 2.83. The second-order valence-electron chi connectivity index (χ2n) is 5.48. The SMILES string of the molecule is C=C(N)\C=C/C(/C=C/C=O)=C\C.C=C/C=C(C=C)/C(C)=C/C=C(\C=C/C)NC.CC.CC. The van der Waals surface area contributed by atoms with E-state index in [1.165, 1.54) is 6.08 Å². The van der Waals surface area contributed by atoms with Gasteiger partial charge in [-0.1, -0.05) is 96.0 Å². The molecule has 0 saturated carbocycles. The van der Waals surface area contributed by atoms with E-state index < -0.39 is 0 Å². The zero-order valence-electron chi connectivity index (χ0n) is 21.6. The van der Waals surface area contributed by atoms with Crippen LogP contribution in [0.2, 0.25) is 0 Å². The predicted octanol–water partition coefficient (Wildman–Crippen LogP) is 7.68. The maximum Gasteiger partial charge on any atom is 0.142 e. The van der Waals surface area contributed by atoms with Crippen LogP contribution in [0, 0.1) is 0 Å². The Hall–Kier alpha value is -3.33. The quantitative estimate of drug-likeness (QED) is 0.209. The van der Waals surface area contributed by atoms with Gasteiger partial charge in [-0.05, 0) is 61.8 Å². The van der Waals surface area contributed by atoms with Crippen LogP contribution in [-0.4, -0.2) is 13.3 Å². The number of hydrogen-bond donors (Lipinski definition) is 2. The maximum atomic E-state index is 9.98. The number of likely N-dealkylation sites (N-methyl/N-ethyl adjacent to an activating group) is 1. The highest BCUT2D eigenvalue weighted by molar-refractivity contribution is 5.66. The lowest BCUT2D eigenvalue weighted by Crippen LogP contribution is -2.02. The molecule has 0 aromatic rings. The van der Waals surface area contributed by atoms with Crippen molar-refractivity contribution in [2.75, 3.05) is 7.05 Å². The van der Waals surface area contributed by atoms with E-state index in [0.717, 1.165) is 28.7 Å². The first-order valence-corrected chi connectivity index (χ1v) is 10.9. The third-order valence-electron chi connectivity index (χ3n) is 3.31. The molecule has 0 unspecified atom stereocenters. The molecule has 3 heteroatoms. The van der Waals surface area contributed by atoms with Crippen LogP contribution >= 0.6 is 0 Å². The van der Waals surface area contributed by atoms with E-state index in [0.29, 0.717) is 5.70 Å². The maximum absolute atomic E-state index is 9.98. The minimum Gasteiger partial charge on any atom is -0.399 e. The first-order chi connectivity index (χ1) is 15.4. The van der Waals surface area contributed by atoms with Crippen LogP contribution in [0.1, 0.15) is 48.5 Å². The van der Waals surface area contributed by atoms with Crippen molar-refractivity contribution >= 4 is 6.29 Å². The minimum absolute atomic E-state index is 0.494. The summed E-state index contributed by atoms with van der Waals surface area (Å²) >= 11 is 0. The first-order valence-electron chi connectivity index (χ1n) is 10.9. The monoisotopic (exact) mass is 438 g/mol. The van der Waals surface area contributed by atoms with Gasteiger partial charge in [0.1, 0.15) is 6.29 Å². The van der Waals surface area contributed by atoms with Gasteiger partial charge in [0, 0.05) is 18.4 Å². The fraction of sp³-hybridized carbons (Fsp3) is 0.276. The number of nitrogens with two attached hydrogens (primary N) is 1. The fourth-order valence-electron chi connectivity index (χ4n) is 1.80. The Kier molecular flexibility index (Phi) is 33.7. The van der Waals surface area contributed by atoms with Crippen molar-refractivity contribution in [1.82, 2.24) is 5.32 Å². The van der Waals surface area contributed by atoms with Crippen LogP contribution in [0.4, 0.5) is 0 Å². The Bertz CT molecular complexity index is 724. The van der Waals surface area contributed by atoms with Crippen LogP contribution in [0.3, 0.4) is 0 Å². The van der Waals surface area contributed by atoms with Crippen molar-refractivity contribution in [3.8, 4) is 0 Å². The predicted molar refractivity (Wildman–Crippen MR) is 148 cm³/mol. The topological polar surface area (TPSA) is 55.1 Å². The molecule has 3 N–H and O–H groups in total. The molecular formula is C29H46N2O. The van der Waals surface area contributed by atoms with Crippen LogP contribution in [-0.2, 0) is 4.79 Å². The van der Waals surface area contributed by atoms with E-state index in [1.807, 2.05) is 85.0 Å². The Labute approximate surface area is 198 Å². The normalized spacial score (nSPS) is 12.1. The number of carbonyl (C=O) groups excluding carboxylic acids is 1. The van der Waals surface area contributed by atoms with Gasteiger partial charge in [0.05, 0.1) is 0 Å². The van der Waals surface area contributed by atoms with E-state index in [2.05, 4.69) is 38.1 Å². The third kappa shape index (κ3) is 24.7. The average molecular weight is 439 g/mol. The Morgan fingerprint density at radius 1 is 0.906 bits per heavy atom. The zero-order chi connectivity index (χ0) is 25.8. The van der Waals surface area contributed by atoms with E-state index in [1.54, 1.807) is 24.3 Å². The summed E-state index contributed by atoms with van der Waals surface area (Å²) in [6, 6.07) is 0. The van der Waals surface area contributed by atoms with E-state index >= 15 is 0 Å². The number of nitrogens with one attached hydrogen (secondary N) is 1. The molecule has 0 amide bonds. The summed E-state index contributed by atoms with van der Waals surface area (Å²) in [6.07, 6.45) is 22.9. The Morgan fingerprint density at radius 2 is 1.50 bits per heavy atom. The van der Waals surface area contributed by atoms with Crippen LogP contribution in [0.15, 0.2) is 121 Å². The molecule has 3 nitrogen and oxygen atoms in total. The molecule has 178 valence electrons. The molecule has 0 heterocycles. The van der Waals surface area contributed by atoms with Gasteiger partial charge < -0.3 is 11.1 Å². The van der Waals surface area contributed by atoms with Crippen molar-refractivity contribution < 1.29 is 4.79 Å². The molecule has 0 saturated heterocycles. The number of aldehydes is 1. The molecule has 0 aromatic heterocycles. The second-order valence-corrected chi connectivity index (χ2v) is 5.48. The molecule has 0 aliphatic rings. The second kappa shape index (κ2) is 29.9. The molecular weight excluding hydrogens is 392 g/mol. The lowest BCUT2D eigenvalue weighted by atomic mass is 10.1. The summed E-state index contributed by atoms with van der Waals surface area (Å²) in [4.78, 5) is 9.98. The molecule has 0 bridgehead atoms. The minimum atomic E-state index is 0.494. The van der Waals surface area contributed by atoms with Gasteiger partial charge in [0.15, 0.2) is 0 Å². The molecule has 0 atom stereocenters. The molecule has 0 aliphatic heterocycles. The lowest BCUT2D eigenvalue weighted by molar-refractivity contribution is -0.104. The molecule has 0 aliphatic carbocycles. The Balaban J connectivity index is -0.000000218. The third-order valence-corrected chi connectivity index (χ3v) is 3.31. The van der Waals surface area contributed by atoms with Crippen LogP contribution in [0.5, 0.6) is 0 Å². The first kappa shape index (κ1) is 36.1. The van der Waals surface area contributed by atoms with E-state index in [-0.39, 0.29) is 0 Å². The fourth-order valence-corrected chi connectivity index (χ4v) is 1.80. The lowest BCUT2D eigenvalue weighted by Gasteiger charge is -2.01. The highest BCUT2D eigenvalue weighted by Gasteiger charge is 1.92. The highest BCUT2D eigenvalue weighted by atomic mass is 16.1. The summed E-state index contributed by atoms with van der Waals surface area (Å²) in [5.74, 6) is 0. The van der Waals surface area contributed by atoms with Gasteiger partial charge in [0.2, 0.25) is 0 Å². The smallest absolute Gasteiger partial charge is 0.142 e. The van der Waals surface area contributed by atoms with Crippen molar-refractivity contribution in [1.29, 1.82) is 0 Å². The number of allylic oxidation sites excluding steroid dienone is 15. The molecule has 32 heavy (non-hydrogen) atoms. The van der Waals surface area contributed by atoms with Gasteiger partial charge in [-0.15, -0.1) is 0 Å². The van der Waals surface area contributed by atoms with Gasteiger partial charge in [-0.3, -0.25) is 4.79 Å². The molecule has 0 aromatic carbocycles. The van der Waals surface area contributed by atoms with Crippen molar-refractivity contribution in [3.05, 3.63) is 121 Å². The standard InChI is InChI=1S/C15H21N.C10H13NO.2C2H6/c1-6-9-14(8-3)13(4)11-12-15(16-5)10-7-2;1-3-10(5-4-8-12)7-6-9(2)11;2*1-2/h6-12,16H,1,3H2,2,4-5H3;3-8H,2,11H2,1H3;2*1-2H3/b10-7-,13-11+,14-9+,15-12+;5-4+,7-6-,10-3-;;. The van der Waals surface area contributed by atoms with Crippen LogP contribution < -0.4 is 11.1 Å². The summed E-state index contributed by atoms with van der Waals surface area (Å²) < 4.78 is 0. The summed E-state index contributed by atoms with van der Waals surface area (Å²) in [5.41, 5.74) is 10.1. The molecule has 0 rings (SSSR count). The number of carbonyl (C=O) groups is 1. The summed E-state index contributed by atoms with van der Waals surface area (Å²) in [7, 11) is 1.91. The van der Waals surface area contributed by atoms with E-state index in [4.69, 9.17) is 5.73 Å². The summed E-state index contributed by atoms with van der Waals surface area (Å²) in [6.45, 7) is 24.9. The zero-order valence-corrected chi connectivity index (χ0v) is 21.6. The molecule has 0 fully saturated rings. The van der Waals surface area contributed by atoms with Gasteiger partial charge in [-0.25, -0.2) is 0 Å². The van der Waals surface area contributed by atoms with Gasteiger partial charge in [0.25, 0.3) is 0 Å².